The van der Waals surface area contributed by atoms with Crippen molar-refractivity contribution in [2.75, 3.05) is 30.8 Å². The van der Waals surface area contributed by atoms with Gasteiger partial charge >= 0.3 is 6.09 Å². The molecule has 0 spiro atoms. The molecule has 1 aromatic carbocycles. The van der Waals surface area contributed by atoms with E-state index in [0.29, 0.717) is 40.9 Å². The molecular weight excluding hydrogens is 650 g/mol. The number of hydrogen-bond acceptors (Lipinski definition) is 8. The van der Waals surface area contributed by atoms with Gasteiger partial charge in [0.2, 0.25) is 15.9 Å². The van der Waals surface area contributed by atoms with E-state index in [1.54, 1.807) is 27.6 Å². The summed E-state index contributed by atoms with van der Waals surface area (Å²) in [6.07, 6.45) is 5.69. The number of piperidine rings is 1. The van der Waals surface area contributed by atoms with Crippen molar-refractivity contribution in [2.45, 2.75) is 77.1 Å². The summed E-state index contributed by atoms with van der Waals surface area (Å²) < 4.78 is 35.0. The van der Waals surface area contributed by atoms with E-state index in [9.17, 15) is 18.0 Å². The maximum Gasteiger partial charge on any atom is 0.407 e. The van der Waals surface area contributed by atoms with Crippen LogP contribution < -0.4 is 14.9 Å². The summed E-state index contributed by atoms with van der Waals surface area (Å²) in [5.74, 6) is 0.479. The molecule has 2 aliphatic rings. The highest BCUT2D eigenvalue weighted by Gasteiger charge is 2.37. The molecule has 4 heterocycles. The first-order valence-electron chi connectivity index (χ1n) is 14.8. The second-order valence-electron chi connectivity index (χ2n) is 12.6. The highest BCUT2D eigenvalue weighted by molar-refractivity contribution is 9.10. The Bertz CT molecular complexity index is 1650. The number of carbonyl (C=O) groups excluding carboxylic acids is 2. The number of sulfonamides is 1. The van der Waals surface area contributed by atoms with Gasteiger partial charge in [0.25, 0.3) is 0 Å². The Hall–Kier alpha value is -3.23. The summed E-state index contributed by atoms with van der Waals surface area (Å²) in [5.41, 5.74) is 2.31. The first-order chi connectivity index (χ1) is 20.7. The van der Waals surface area contributed by atoms with E-state index >= 15 is 0 Å². The summed E-state index contributed by atoms with van der Waals surface area (Å²) in [5, 5.41) is 7.85. The number of nitrogens with one attached hydrogen (secondary N) is 2. The van der Waals surface area contributed by atoms with Crippen LogP contribution in [0.1, 0.15) is 75.4 Å². The van der Waals surface area contributed by atoms with E-state index in [1.807, 2.05) is 46.0 Å². The minimum Gasteiger partial charge on any atom is -0.444 e. The van der Waals surface area contributed by atoms with Crippen LogP contribution in [0.25, 0.3) is 5.65 Å². The number of nitrogens with zero attached hydrogens (tertiary/aromatic N) is 5. The summed E-state index contributed by atoms with van der Waals surface area (Å²) in [4.78, 5) is 35.1. The maximum atomic E-state index is 14.1. The van der Waals surface area contributed by atoms with Crippen LogP contribution in [-0.2, 0) is 19.6 Å². The van der Waals surface area contributed by atoms with Crippen molar-refractivity contribution in [1.82, 2.24) is 29.5 Å². The van der Waals surface area contributed by atoms with Crippen LogP contribution in [-0.4, -0.2) is 77.4 Å². The maximum absolute atomic E-state index is 14.1. The van der Waals surface area contributed by atoms with E-state index in [4.69, 9.17) is 14.8 Å². The van der Waals surface area contributed by atoms with Gasteiger partial charge in [-0.2, -0.15) is 4.72 Å². The van der Waals surface area contributed by atoms with Crippen molar-refractivity contribution < 1.29 is 22.7 Å². The third-order valence-corrected chi connectivity index (χ3v) is 9.15. The fraction of sp³-hybridized carbons (Fsp3) is 0.533. The largest absolute Gasteiger partial charge is 0.444 e. The topological polar surface area (TPSA) is 138 Å². The number of anilines is 1. The number of alkyl carbamates (subject to hydrolysis) is 1. The number of rotatable bonds is 7. The minimum atomic E-state index is -3.69. The minimum absolute atomic E-state index is 0.0555. The molecule has 2 aliphatic heterocycles. The van der Waals surface area contributed by atoms with Gasteiger partial charge in [0.15, 0.2) is 11.5 Å². The Morgan fingerprint density at radius 3 is 2.59 bits per heavy atom. The van der Waals surface area contributed by atoms with Crippen molar-refractivity contribution in [3.05, 3.63) is 57.8 Å². The molecule has 2 fully saturated rings. The Morgan fingerprint density at radius 2 is 1.89 bits per heavy atom. The lowest BCUT2D eigenvalue weighted by Crippen LogP contribution is -2.46. The van der Waals surface area contributed by atoms with Crippen molar-refractivity contribution in [3.8, 4) is 0 Å². The monoisotopic (exact) mass is 689 g/mol. The molecule has 3 atom stereocenters. The van der Waals surface area contributed by atoms with Crippen molar-refractivity contribution in [1.29, 1.82) is 0 Å². The van der Waals surface area contributed by atoms with Crippen LogP contribution in [0.15, 0.2) is 41.0 Å². The van der Waals surface area contributed by atoms with Crippen molar-refractivity contribution in [2.24, 2.45) is 0 Å². The normalized spacial score (nSPS) is 20.1. The lowest BCUT2D eigenvalue weighted by atomic mass is 9.97. The third-order valence-electron chi connectivity index (χ3n) is 7.76. The number of aromatic nitrogens is 3. The molecule has 3 aromatic rings. The SMILES string of the molecule is Cc1cc2nc([C@@H]3CCCCN3C(=O)C(NS(C)(=O)=O)c3ccccc3Br)cn2nc1N1CC[C@H](NC(=O)OC(C)(C)C)C1. The number of ether oxygens (including phenoxy) is 1. The fourth-order valence-electron chi connectivity index (χ4n) is 5.88. The summed E-state index contributed by atoms with van der Waals surface area (Å²) in [6.45, 7) is 9.33. The molecule has 0 aliphatic carbocycles. The molecule has 2 aromatic heterocycles. The molecule has 0 bridgehead atoms. The highest BCUT2D eigenvalue weighted by Crippen LogP contribution is 2.35. The molecule has 238 valence electrons. The Labute approximate surface area is 266 Å². The van der Waals surface area contributed by atoms with Crippen LogP contribution in [0.3, 0.4) is 0 Å². The second-order valence-corrected chi connectivity index (χ2v) is 15.2. The standard InChI is InChI=1S/C30H40BrN7O5S/c1-19-16-25-33-23(18-38(25)34-27(19)36-15-13-20(17-36)32-29(40)43-30(2,3)4)24-12-8-9-14-37(24)28(39)26(35-44(5,41)42)21-10-6-7-11-22(21)31/h6-7,10-11,16,18,20,24,26,35H,8-9,12-15,17H2,1-5H3,(H,32,40)/t20-,24-,26?/m0/s1. The molecule has 2 N–H and O–H groups in total. The van der Waals surface area contributed by atoms with E-state index < -0.39 is 27.8 Å². The van der Waals surface area contributed by atoms with Gasteiger partial charge in [-0.15, -0.1) is 5.10 Å². The van der Waals surface area contributed by atoms with E-state index in [1.165, 1.54) is 0 Å². The summed E-state index contributed by atoms with van der Waals surface area (Å²) in [6, 6.07) is 7.64. The number of aryl methyl sites for hydroxylation is 1. The first kappa shape index (κ1) is 32.2. The summed E-state index contributed by atoms with van der Waals surface area (Å²) >= 11 is 3.49. The van der Waals surface area contributed by atoms with Crippen LogP contribution in [0.5, 0.6) is 0 Å². The average molecular weight is 691 g/mol. The van der Waals surface area contributed by atoms with Gasteiger partial charge in [-0.25, -0.2) is 22.7 Å². The molecule has 44 heavy (non-hydrogen) atoms. The Balaban J connectivity index is 1.38. The molecule has 0 radical (unpaired) electrons. The first-order valence-corrected chi connectivity index (χ1v) is 17.5. The van der Waals surface area contributed by atoms with Crippen LogP contribution in [0.4, 0.5) is 10.6 Å². The quantitative estimate of drug-likeness (QED) is 0.376. The third kappa shape index (κ3) is 7.52. The molecule has 1 unspecified atom stereocenters. The predicted molar refractivity (Wildman–Crippen MR) is 171 cm³/mol. The van der Waals surface area contributed by atoms with Gasteiger partial charge in [-0.1, -0.05) is 34.1 Å². The zero-order valence-corrected chi connectivity index (χ0v) is 28.1. The van der Waals surface area contributed by atoms with Gasteiger partial charge in [-0.3, -0.25) is 4.79 Å². The lowest BCUT2D eigenvalue weighted by molar-refractivity contribution is -0.137. The Morgan fingerprint density at radius 1 is 1.14 bits per heavy atom. The zero-order chi connectivity index (χ0) is 31.8. The number of halogens is 1. The smallest absolute Gasteiger partial charge is 0.407 e. The van der Waals surface area contributed by atoms with Gasteiger partial charge in [0.1, 0.15) is 11.6 Å². The highest BCUT2D eigenvalue weighted by atomic mass is 79.9. The van der Waals surface area contributed by atoms with E-state index in [2.05, 4.69) is 30.9 Å². The van der Waals surface area contributed by atoms with Crippen LogP contribution >= 0.6 is 15.9 Å². The van der Waals surface area contributed by atoms with Crippen LogP contribution in [0, 0.1) is 6.92 Å². The van der Waals surface area contributed by atoms with Gasteiger partial charge in [0, 0.05) is 24.1 Å². The number of amides is 2. The van der Waals surface area contributed by atoms with Gasteiger partial charge in [-0.05, 0) is 76.6 Å². The number of likely N-dealkylation sites (tertiary alicyclic amines) is 1. The van der Waals surface area contributed by atoms with Gasteiger partial charge in [0.05, 0.1) is 30.2 Å². The van der Waals surface area contributed by atoms with E-state index in [-0.39, 0.29) is 18.0 Å². The van der Waals surface area contributed by atoms with Crippen LogP contribution in [0.2, 0.25) is 0 Å². The number of benzene rings is 1. The molecule has 5 rings (SSSR count). The fourth-order valence-corrected chi connectivity index (χ4v) is 7.05. The average Bonchev–Trinajstić information content (AvgIpc) is 3.56. The lowest BCUT2D eigenvalue weighted by Gasteiger charge is -2.37. The molecule has 2 amide bonds. The second kappa shape index (κ2) is 12.6. The van der Waals surface area contributed by atoms with Crippen molar-refractivity contribution >= 4 is 49.4 Å². The molecule has 14 heteroatoms. The Kier molecular flexibility index (Phi) is 9.24. The molecule has 2 saturated heterocycles. The number of carbonyl (C=O) groups is 2. The number of fused-ring (bicyclic) bond motifs is 1. The number of imidazole rings is 1. The van der Waals surface area contributed by atoms with Gasteiger partial charge < -0.3 is 19.9 Å². The zero-order valence-electron chi connectivity index (χ0n) is 25.7. The van der Waals surface area contributed by atoms with Crippen molar-refractivity contribution in [3.63, 3.8) is 0 Å². The molecular formula is C30H40BrN7O5S. The summed E-state index contributed by atoms with van der Waals surface area (Å²) in [7, 11) is -3.69. The molecule has 12 nitrogen and oxygen atoms in total. The van der Waals surface area contributed by atoms with E-state index in [0.717, 1.165) is 43.4 Å². The molecule has 0 saturated carbocycles. The number of hydrogen-bond donors (Lipinski definition) is 2. The predicted octanol–water partition coefficient (Wildman–Crippen LogP) is 4.25.